The highest BCUT2D eigenvalue weighted by Gasteiger charge is 2.25. The smallest absolute Gasteiger partial charge is 0.191 e. The van der Waals surface area contributed by atoms with Gasteiger partial charge in [-0.15, -0.1) is 0 Å². The first-order chi connectivity index (χ1) is 8.10. The molecule has 0 spiro atoms. The molecule has 1 aromatic rings. The summed E-state index contributed by atoms with van der Waals surface area (Å²) < 4.78 is 0. The zero-order valence-corrected chi connectivity index (χ0v) is 11.4. The van der Waals surface area contributed by atoms with Crippen LogP contribution in [0.2, 0.25) is 0 Å². The van der Waals surface area contributed by atoms with Gasteiger partial charge in [0.2, 0.25) is 0 Å². The number of hydrogen-bond acceptors (Lipinski definition) is 6. The van der Waals surface area contributed by atoms with Crippen LogP contribution in [0.3, 0.4) is 0 Å². The van der Waals surface area contributed by atoms with Gasteiger partial charge in [-0.3, -0.25) is 0 Å². The molecule has 2 heterocycles. The Balaban J connectivity index is 2.15. The van der Waals surface area contributed by atoms with Crippen LogP contribution in [0.5, 0.6) is 0 Å². The first-order valence-electron chi connectivity index (χ1n) is 5.70. The highest BCUT2D eigenvalue weighted by Crippen LogP contribution is 2.23. The SMILES string of the molecule is CSc1nc(N)cc(N2CCC(N(C)C)C2)n1. The Hall–Kier alpha value is -1.01. The van der Waals surface area contributed by atoms with Crippen LogP contribution >= 0.6 is 11.8 Å². The number of nitrogens with zero attached hydrogens (tertiary/aromatic N) is 4. The number of nitrogen functional groups attached to an aromatic ring is 1. The number of anilines is 2. The number of hydrogen-bond donors (Lipinski definition) is 1. The van der Waals surface area contributed by atoms with Gasteiger partial charge in [-0.25, -0.2) is 9.97 Å². The Morgan fingerprint density at radius 1 is 1.47 bits per heavy atom. The van der Waals surface area contributed by atoms with Gasteiger partial charge in [0.1, 0.15) is 11.6 Å². The zero-order chi connectivity index (χ0) is 12.4. The van der Waals surface area contributed by atoms with E-state index < -0.39 is 0 Å². The van der Waals surface area contributed by atoms with E-state index in [0.717, 1.165) is 24.1 Å². The molecule has 0 aromatic carbocycles. The minimum atomic E-state index is 0.549. The van der Waals surface area contributed by atoms with Gasteiger partial charge in [0.15, 0.2) is 5.16 Å². The minimum absolute atomic E-state index is 0.549. The highest BCUT2D eigenvalue weighted by atomic mass is 32.2. The van der Waals surface area contributed by atoms with Crippen LogP contribution in [0.25, 0.3) is 0 Å². The first kappa shape index (κ1) is 12.4. The molecular formula is C11H19N5S. The Morgan fingerprint density at radius 2 is 2.24 bits per heavy atom. The molecule has 1 atom stereocenters. The van der Waals surface area contributed by atoms with Crippen molar-refractivity contribution in [1.82, 2.24) is 14.9 Å². The summed E-state index contributed by atoms with van der Waals surface area (Å²) in [6.07, 6.45) is 3.14. The van der Waals surface area contributed by atoms with Crippen molar-refractivity contribution >= 4 is 23.4 Å². The molecule has 2 rings (SSSR count). The Kier molecular flexibility index (Phi) is 3.73. The second-order valence-corrected chi connectivity index (χ2v) is 5.26. The van der Waals surface area contributed by atoms with E-state index in [1.807, 2.05) is 12.3 Å². The largest absolute Gasteiger partial charge is 0.383 e. The maximum absolute atomic E-state index is 5.80. The molecule has 0 saturated carbocycles. The third-order valence-corrected chi connectivity index (χ3v) is 3.66. The van der Waals surface area contributed by atoms with Crippen molar-refractivity contribution in [3.63, 3.8) is 0 Å². The summed E-state index contributed by atoms with van der Waals surface area (Å²) in [5.41, 5.74) is 5.80. The molecule has 1 aliphatic rings. The monoisotopic (exact) mass is 253 g/mol. The summed E-state index contributed by atoms with van der Waals surface area (Å²) in [6.45, 7) is 2.05. The molecule has 1 unspecified atom stereocenters. The van der Waals surface area contributed by atoms with E-state index in [0.29, 0.717) is 11.9 Å². The number of likely N-dealkylation sites (N-methyl/N-ethyl adjacent to an activating group) is 1. The summed E-state index contributed by atoms with van der Waals surface area (Å²) in [6, 6.07) is 2.46. The molecule has 2 N–H and O–H groups in total. The molecule has 0 amide bonds. The third-order valence-electron chi connectivity index (χ3n) is 3.11. The van der Waals surface area contributed by atoms with E-state index in [-0.39, 0.29) is 0 Å². The first-order valence-corrected chi connectivity index (χ1v) is 6.92. The van der Waals surface area contributed by atoms with Crippen LogP contribution in [-0.4, -0.2) is 54.4 Å². The van der Waals surface area contributed by atoms with Gasteiger partial charge in [0.25, 0.3) is 0 Å². The fourth-order valence-corrected chi connectivity index (χ4v) is 2.44. The maximum Gasteiger partial charge on any atom is 0.191 e. The molecule has 0 bridgehead atoms. The molecule has 6 heteroatoms. The van der Waals surface area contributed by atoms with E-state index in [4.69, 9.17) is 5.73 Å². The molecule has 1 aliphatic heterocycles. The summed E-state index contributed by atoms with van der Waals surface area (Å²) >= 11 is 1.52. The van der Waals surface area contributed by atoms with Crippen molar-refractivity contribution < 1.29 is 0 Å². The summed E-state index contributed by atoms with van der Waals surface area (Å²) in [4.78, 5) is 13.2. The fourth-order valence-electron chi connectivity index (χ4n) is 2.05. The molecule has 1 saturated heterocycles. The van der Waals surface area contributed by atoms with E-state index in [1.54, 1.807) is 0 Å². The van der Waals surface area contributed by atoms with Gasteiger partial charge in [-0.1, -0.05) is 11.8 Å². The molecule has 1 fully saturated rings. The number of nitrogens with two attached hydrogens (primary N) is 1. The molecule has 0 radical (unpaired) electrons. The Bertz CT molecular complexity index is 395. The lowest BCUT2D eigenvalue weighted by Crippen LogP contribution is -2.31. The Labute approximate surface area is 106 Å². The number of thioether (sulfide) groups is 1. The van der Waals surface area contributed by atoms with Gasteiger partial charge in [-0.2, -0.15) is 0 Å². The molecule has 1 aromatic heterocycles. The van der Waals surface area contributed by atoms with Crippen LogP contribution in [0, 0.1) is 0 Å². The van der Waals surface area contributed by atoms with Gasteiger partial charge >= 0.3 is 0 Å². The minimum Gasteiger partial charge on any atom is -0.383 e. The molecule has 0 aliphatic carbocycles. The van der Waals surface area contributed by atoms with E-state index >= 15 is 0 Å². The van der Waals surface area contributed by atoms with Crippen molar-refractivity contribution in [3.05, 3.63) is 6.07 Å². The molecule has 5 nitrogen and oxygen atoms in total. The van der Waals surface area contributed by atoms with E-state index in [2.05, 4.69) is 33.9 Å². The molecule has 94 valence electrons. The van der Waals surface area contributed by atoms with Gasteiger partial charge in [0.05, 0.1) is 0 Å². The maximum atomic E-state index is 5.80. The van der Waals surface area contributed by atoms with Crippen molar-refractivity contribution in [2.45, 2.75) is 17.6 Å². The average Bonchev–Trinajstić information content (AvgIpc) is 2.77. The summed E-state index contributed by atoms with van der Waals surface area (Å²) in [7, 11) is 4.24. The van der Waals surface area contributed by atoms with Gasteiger partial charge in [-0.05, 0) is 26.8 Å². The van der Waals surface area contributed by atoms with Crippen molar-refractivity contribution in [3.8, 4) is 0 Å². The summed E-state index contributed by atoms with van der Waals surface area (Å²) in [5, 5.41) is 0.744. The standard InChI is InChI=1S/C11H19N5S/c1-15(2)8-4-5-16(7-8)10-6-9(12)13-11(14-10)17-3/h6,8H,4-5,7H2,1-3H3,(H2,12,13,14). The lowest BCUT2D eigenvalue weighted by Gasteiger charge is -2.21. The second-order valence-electron chi connectivity index (χ2n) is 4.49. The quantitative estimate of drug-likeness (QED) is 0.638. The van der Waals surface area contributed by atoms with Crippen molar-refractivity contribution in [1.29, 1.82) is 0 Å². The molecule has 17 heavy (non-hydrogen) atoms. The van der Waals surface area contributed by atoms with Crippen molar-refractivity contribution in [2.75, 3.05) is 44.1 Å². The summed E-state index contributed by atoms with van der Waals surface area (Å²) in [5.74, 6) is 1.50. The second kappa shape index (κ2) is 5.10. The lowest BCUT2D eigenvalue weighted by molar-refractivity contribution is 0.315. The van der Waals surface area contributed by atoms with Crippen LogP contribution in [0.4, 0.5) is 11.6 Å². The lowest BCUT2D eigenvalue weighted by atomic mass is 10.2. The topological polar surface area (TPSA) is 58.3 Å². The fraction of sp³-hybridized carbons (Fsp3) is 0.636. The van der Waals surface area contributed by atoms with Gasteiger partial charge in [0, 0.05) is 25.2 Å². The van der Waals surface area contributed by atoms with Crippen LogP contribution in [0.15, 0.2) is 11.2 Å². The zero-order valence-electron chi connectivity index (χ0n) is 10.6. The predicted octanol–water partition coefficient (Wildman–Crippen LogP) is 0.921. The number of rotatable bonds is 3. The third kappa shape index (κ3) is 2.81. The van der Waals surface area contributed by atoms with Crippen LogP contribution in [-0.2, 0) is 0 Å². The Morgan fingerprint density at radius 3 is 2.82 bits per heavy atom. The van der Waals surface area contributed by atoms with Gasteiger partial charge < -0.3 is 15.5 Å². The highest BCUT2D eigenvalue weighted by molar-refractivity contribution is 7.98. The average molecular weight is 253 g/mol. The number of aromatic nitrogens is 2. The predicted molar refractivity (Wildman–Crippen MR) is 72.5 cm³/mol. The molecular weight excluding hydrogens is 234 g/mol. The van der Waals surface area contributed by atoms with E-state index in [9.17, 15) is 0 Å². The normalized spacial score (nSPS) is 20.2. The van der Waals surface area contributed by atoms with Crippen LogP contribution < -0.4 is 10.6 Å². The van der Waals surface area contributed by atoms with Crippen LogP contribution in [0.1, 0.15) is 6.42 Å². The van der Waals surface area contributed by atoms with E-state index in [1.165, 1.54) is 18.2 Å². The van der Waals surface area contributed by atoms with Crippen molar-refractivity contribution in [2.24, 2.45) is 0 Å².